The van der Waals surface area contributed by atoms with Gasteiger partial charge in [0.15, 0.2) is 6.29 Å². The van der Waals surface area contributed by atoms with Gasteiger partial charge in [0.1, 0.15) is 6.10 Å². The van der Waals surface area contributed by atoms with Crippen LogP contribution in [0, 0.1) is 45.3 Å². The number of morpholine rings is 1. The maximum atomic E-state index is 10.8. The number of fused-ring (bicyclic) bond motifs is 4. The number of aliphatic hydroxyl groups is 4. The molecule has 5 saturated carbocycles. The summed E-state index contributed by atoms with van der Waals surface area (Å²) in [5.74, 6) is 2.69. The van der Waals surface area contributed by atoms with Crippen LogP contribution in [0.2, 0.25) is 0 Å². The zero-order valence-electron chi connectivity index (χ0n) is 27.3. The van der Waals surface area contributed by atoms with E-state index in [0.29, 0.717) is 53.7 Å². The van der Waals surface area contributed by atoms with Gasteiger partial charge in [0.2, 0.25) is 0 Å². The summed E-state index contributed by atoms with van der Waals surface area (Å²) in [4.78, 5) is 2.11. The number of hydrogen-bond acceptors (Lipinski definition) is 8. The van der Waals surface area contributed by atoms with Gasteiger partial charge in [-0.05, 0) is 123 Å². The fourth-order valence-corrected chi connectivity index (χ4v) is 12.7. The van der Waals surface area contributed by atoms with Crippen molar-refractivity contribution >= 4 is 0 Å². The number of rotatable bonds is 7. The molecule has 248 valence electrons. The van der Waals surface area contributed by atoms with Gasteiger partial charge >= 0.3 is 0 Å². The van der Waals surface area contributed by atoms with Crippen LogP contribution in [-0.4, -0.2) is 101 Å². The summed E-state index contributed by atoms with van der Waals surface area (Å²) in [6.07, 6.45) is 11.0. The number of aliphatic hydroxyl groups excluding tert-OH is 3. The van der Waals surface area contributed by atoms with Crippen molar-refractivity contribution in [3.63, 3.8) is 0 Å². The molecule has 2 aliphatic heterocycles. The third-order valence-electron chi connectivity index (χ3n) is 15.0. The summed E-state index contributed by atoms with van der Waals surface area (Å²) in [7, 11) is 0. The van der Waals surface area contributed by atoms with Gasteiger partial charge in [-0.3, -0.25) is 4.90 Å². The van der Waals surface area contributed by atoms with Crippen molar-refractivity contribution < 1.29 is 36.1 Å². The molecule has 7 fully saturated rings. The summed E-state index contributed by atoms with van der Waals surface area (Å²) < 4.78 is 19.5. The highest BCUT2D eigenvalue weighted by molar-refractivity contribution is 5.29. The Hall–Kier alpha value is -0.320. The minimum absolute atomic E-state index is 0. The Kier molecular flexibility index (Phi) is 7.71. The Bertz CT molecular complexity index is 1050. The van der Waals surface area contributed by atoms with Crippen LogP contribution in [0.5, 0.6) is 0 Å². The molecule has 7 aliphatic rings. The van der Waals surface area contributed by atoms with Gasteiger partial charge in [-0.2, -0.15) is 0 Å². The Morgan fingerprint density at radius 1 is 0.953 bits per heavy atom. The Labute approximate surface area is 260 Å². The molecule has 5 aliphatic carbocycles. The van der Waals surface area contributed by atoms with Crippen LogP contribution in [0.1, 0.15) is 100 Å². The van der Waals surface area contributed by atoms with Crippen LogP contribution < -0.4 is 0 Å². The SMILES string of the molecule is CC12CCC34CC35CC[C@H](OC3CN(C(CO)CO)CCO3)C(C)(C)C5CCC4C1CC1OC([C@H](O)C(C)(C)O)CCC12.[HH]. The van der Waals surface area contributed by atoms with Crippen LogP contribution in [0.3, 0.4) is 0 Å². The van der Waals surface area contributed by atoms with E-state index in [1.165, 1.54) is 38.5 Å². The standard InChI is InChI=1S/C35H59NO7.H2/c1-31(2)27-9-7-22-24-16-26-23(6-8-25(42-26)30(39)32(3,4)40)33(24,5)12-13-34(22)20-35(27,34)11-10-28(31)43-29-17-36(14-15-41-29)21(18-37)19-38;/h21-30,37-40H,6-20H2,1-5H3;1H/t22?,23?,24?,25?,26?,27?,28-,29?,30-,33?,34?,35?;/m0./s1. The maximum absolute atomic E-state index is 10.8. The molecule has 8 heteroatoms. The lowest BCUT2D eigenvalue weighted by atomic mass is 9.46. The predicted molar refractivity (Wildman–Crippen MR) is 164 cm³/mol. The first-order chi connectivity index (χ1) is 20.3. The van der Waals surface area contributed by atoms with E-state index in [9.17, 15) is 20.4 Å². The van der Waals surface area contributed by atoms with Crippen molar-refractivity contribution in [1.82, 2.24) is 4.90 Å². The quantitative estimate of drug-likeness (QED) is 0.344. The molecule has 43 heavy (non-hydrogen) atoms. The van der Waals surface area contributed by atoms with Gasteiger partial charge in [-0.15, -0.1) is 0 Å². The molecular formula is C35H61NO7. The molecule has 0 aromatic heterocycles. The average molecular weight is 608 g/mol. The Balaban J connectivity index is 0.00000343. The number of nitrogens with zero attached hydrogens (tertiary/aromatic N) is 1. The summed E-state index contributed by atoms with van der Waals surface area (Å²) in [6, 6.07) is -0.251. The maximum Gasteiger partial charge on any atom is 0.170 e. The van der Waals surface area contributed by atoms with Crippen LogP contribution in [-0.2, 0) is 14.2 Å². The minimum atomic E-state index is -1.14. The molecule has 0 aromatic rings. The number of ether oxygens (including phenoxy) is 3. The lowest BCUT2D eigenvalue weighted by Crippen LogP contribution is -2.57. The third kappa shape index (κ3) is 4.58. The Morgan fingerprint density at radius 2 is 1.70 bits per heavy atom. The third-order valence-corrected chi connectivity index (χ3v) is 15.0. The molecule has 4 N–H and O–H groups in total. The molecule has 0 radical (unpaired) electrons. The summed E-state index contributed by atoms with van der Waals surface area (Å²) in [6.45, 7) is 12.6. The van der Waals surface area contributed by atoms with Crippen molar-refractivity contribution in [2.75, 3.05) is 32.9 Å². The molecule has 2 heterocycles. The molecule has 8 nitrogen and oxygen atoms in total. The van der Waals surface area contributed by atoms with Crippen molar-refractivity contribution in [3.05, 3.63) is 0 Å². The van der Waals surface area contributed by atoms with Crippen molar-refractivity contribution in [2.45, 2.75) is 141 Å². The lowest BCUT2D eigenvalue weighted by Gasteiger charge is -2.60. The van der Waals surface area contributed by atoms with Gasteiger partial charge in [0.05, 0.1) is 56.3 Å². The molecule has 2 saturated heterocycles. The summed E-state index contributed by atoms with van der Waals surface area (Å²) >= 11 is 0. The summed E-state index contributed by atoms with van der Waals surface area (Å²) in [5, 5.41) is 40.7. The first kappa shape index (κ1) is 31.3. The fraction of sp³-hybridized carbons (Fsp3) is 1.00. The molecule has 10 unspecified atom stereocenters. The van der Waals surface area contributed by atoms with Crippen molar-refractivity contribution in [3.8, 4) is 0 Å². The molecule has 2 spiro atoms. The van der Waals surface area contributed by atoms with E-state index in [4.69, 9.17) is 14.2 Å². The minimum Gasteiger partial charge on any atom is -0.395 e. The highest BCUT2D eigenvalue weighted by Gasteiger charge is 2.80. The van der Waals surface area contributed by atoms with E-state index in [-0.39, 0.29) is 50.7 Å². The van der Waals surface area contributed by atoms with E-state index in [1.54, 1.807) is 13.8 Å². The van der Waals surface area contributed by atoms with Crippen LogP contribution in [0.15, 0.2) is 0 Å². The van der Waals surface area contributed by atoms with E-state index >= 15 is 0 Å². The highest BCUT2D eigenvalue weighted by Crippen LogP contribution is 2.87. The van der Waals surface area contributed by atoms with Gasteiger partial charge in [-0.1, -0.05) is 20.8 Å². The first-order valence-electron chi connectivity index (χ1n) is 17.6. The first-order valence-corrected chi connectivity index (χ1v) is 17.6. The molecule has 12 atom stereocenters. The van der Waals surface area contributed by atoms with Gasteiger partial charge in [0.25, 0.3) is 0 Å². The largest absolute Gasteiger partial charge is 0.395 e. The summed E-state index contributed by atoms with van der Waals surface area (Å²) in [5.41, 5.74) is 0.153. The Morgan fingerprint density at radius 3 is 2.42 bits per heavy atom. The molecular weight excluding hydrogens is 546 g/mol. The smallest absolute Gasteiger partial charge is 0.170 e. The molecule has 7 rings (SSSR count). The van der Waals surface area contributed by atoms with E-state index in [1.807, 2.05) is 0 Å². The zero-order valence-corrected chi connectivity index (χ0v) is 27.3. The second kappa shape index (κ2) is 10.6. The predicted octanol–water partition coefficient (Wildman–Crippen LogP) is 3.97. The monoisotopic (exact) mass is 607 g/mol. The zero-order chi connectivity index (χ0) is 30.6. The molecule has 0 aromatic carbocycles. The molecule has 0 bridgehead atoms. The molecule has 0 amide bonds. The number of hydrogen-bond donors (Lipinski definition) is 4. The normalized spacial score (nSPS) is 49.8. The van der Waals surface area contributed by atoms with Crippen molar-refractivity contribution in [2.24, 2.45) is 45.3 Å². The second-order valence-electron chi connectivity index (χ2n) is 17.4. The van der Waals surface area contributed by atoms with Crippen LogP contribution >= 0.6 is 0 Å². The fourth-order valence-electron chi connectivity index (χ4n) is 12.7. The second-order valence-corrected chi connectivity index (χ2v) is 17.4. The van der Waals surface area contributed by atoms with E-state index in [0.717, 1.165) is 31.6 Å². The van der Waals surface area contributed by atoms with Crippen LogP contribution in [0.25, 0.3) is 0 Å². The van der Waals surface area contributed by atoms with E-state index < -0.39 is 11.7 Å². The topological polar surface area (TPSA) is 112 Å². The van der Waals surface area contributed by atoms with Gasteiger partial charge in [-0.25, -0.2) is 0 Å². The van der Waals surface area contributed by atoms with Gasteiger partial charge in [0, 0.05) is 7.97 Å². The highest BCUT2D eigenvalue weighted by atomic mass is 16.7. The van der Waals surface area contributed by atoms with E-state index in [2.05, 4.69) is 25.7 Å². The average Bonchev–Trinajstić information content (AvgIpc) is 3.54. The van der Waals surface area contributed by atoms with Crippen molar-refractivity contribution in [1.29, 1.82) is 0 Å². The van der Waals surface area contributed by atoms with Crippen LogP contribution in [0.4, 0.5) is 0 Å². The lowest BCUT2D eigenvalue weighted by molar-refractivity contribution is -0.249. The van der Waals surface area contributed by atoms with Gasteiger partial charge < -0.3 is 34.6 Å².